The van der Waals surface area contributed by atoms with E-state index >= 15 is 0 Å². The Morgan fingerprint density at radius 3 is 2.82 bits per heavy atom. The molecule has 3 rings (SSSR count). The van der Waals surface area contributed by atoms with E-state index < -0.39 is 0 Å². The summed E-state index contributed by atoms with van der Waals surface area (Å²) in [7, 11) is 1.62. The number of aryl methyl sites for hydroxylation is 2. The van der Waals surface area contributed by atoms with Crippen LogP contribution in [-0.4, -0.2) is 24.5 Å². The zero-order chi connectivity index (χ0) is 20.3. The molecule has 1 aliphatic heterocycles. The van der Waals surface area contributed by atoms with Crippen LogP contribution in [0.4, 0.5) is 5.69 Å². The minimum atomic E-state index is -0.374. The van der Waals surface area contributed by atoms with Crippen molar-refractivity contribution in [2.24, 2.45) is 0 Å². The second-order valence-corrected chi connectivity index (χ2v) is 7.17. The molecular formula is C22H25N3O3. The summed E-state index contributed by atoms with van der Waals surface area (Å²) in [5.74, 6) is 0.782. The maximum atomic E-state index is 13.1. The molecule has 0 bridgehead atoms. The lowest BCUT2D eigenvalue weighted by molar-refractivity contribution is -0.118. The molecule has 2 heterocycles. The minimum absolute atomic E-state index is 0.0416. The first-order chi connectivity index (χ1) is 13.5. The molecule has 1 aliphatic rings. The number of pyridine rings is 1. The molecule has 0 saturated carbocycles. The lowest BCUT2D eigenvalue weighted by Gasteiger charge is -2.24. The normalized spacial score (nSPS) is 13.4. The van der Waals surface area contributed by atoms with Crippen molar-refractivity contribution in [3.63, 3.8) is 0 Å². The molecule has 0 spiro atoms. The number of anilines is 1. The number of methoxy groups -OCH3 is 1. The van der Waals surface area contributed by atoms with Gasteiger partial charge in [-0.3, -0.25) is 9.59 Å². The van der Waals surface area contributed by atoms with Gasteiger partial charge >= 0.3 is 0 Å². The number of nitriles is 1. The van der Waals surface area contributed by atoms with E-state index in [-0.39, 0.29) is 17.0 Å². The smallest absolute Gasteiger partial charge is 0.266 e. The van der Waals surface area contributed by atoms with Crippen LogP contribution in [0.25, 0.3) is 0 Å². The maximum absolute atomic E-state index is 13.1. The highest BCUT2D eigenvalue weighted by molar-refractivity contribution is 5.94. The number of hydrogen-bond acceptors (Lipinski definition) is 4. The average molecular weight is 379 g/mol. The predicted octanol–water partition coefficient (Wildman–Crippen LogP) is 3.17. The molecule has 0 aliphatic carbocycles. The van der Waals surface area contributed by atoms with Gasteiger partial charge in [-0.2, -0.15) is 5.26 Å². The number of fused-ring (bicyclic) bond motifs is 1. The van der Waals surface area contributed by atoms with Gasteiger partial charge in [-0.15, -0.1) is 0 Å². The van der Waals surface area contributed by atoms with Gasteiger partial charge in [0.15, 0.2) is 0 Å². The molecule has 1 aromatic carbocycles. The van der Waals surface area contributed by atoms with Crippen LogP contribution in [0.2, 0.25) is 0 Å². The number of carbonyl (C=O) groups is 1. The number of aromatic amines is 1. The van der Waals surface area contributed by atoms with Crippen molar-refractivity contribution in [3.05, 3.63) is 56.5 Å². The Balaban J connectivity index is 1.85. The fraction of sp³-hybridized carbons (Fsp3) is 0.409. The van der Waals surface area contributed by atoms with Gasteiger partial charge in [0.1, 0.15) is 17.4 Å². The van der Waals surface area contributed by atoms with Crippen molar-refractivity contribution in [1.82, 2.24) is 4.98 Å². The quantitative estimate of drug-likeness (QED) is 0.884. The summed E-state index contributed by atoms with van der Waals surface area (Å²) in [4.78, 5) is 29.6. The first-order valence-corrected chi connectivity index (χ1v) is 9.56. The lowest BCUT2D eigenvalue weighted by atomic mass is 9.98. The molecule has 0 fully saturated rings. The van der Waals surface area contributed by atoms with Crippen LogP contribution in [0.3, 0.4) is 0 Å². The maximum Gasteiger partial charge on any atom is 0.266 e. The van der Waals surface area contributed by atoms with Gasteiger partial charge in [0.05, 0.1) is 12.8 Å². The molecule has 0 unspecified atom stereocenters. The Morgan fingerprint density at radius 1 is 1.32 bits per heavy atom. The van der Waals surface area contributed by atoms with Crippen LogP contribution in [0.15, 0.2) is 23.0 Å². The van der Waals surface area contributed by atoms with Crippen LogP contribution < -0.4 is 15.2 Å². The Bertz CT molecular complexity index is 1000. The van der Waals surface area contributed by atoms with Gasteiger partial charge in [-0.05, 0) is 62.3 Å². The molecule has 28 heavy (non-hydrogen) atoms. The van der Waals surface area contributed by atoms with Crippen molar-refractivity contribution < 1.29 is 9.53 Å². The van der Waals surface area contributed by atoms with Gasteiger partial charge in [0.25, 0.3) is 5.56 Å². The molecule has 1 amide bonds. The number of carbonyl (C=O) groups excluding carboxylic acids is 1. The monoisotopic (exact) mass is 379 g/mol. The molecular weight excluding hydrogens is 354 g/mol. The number of H-pyrrole nitrogens is 1. The number of aromatic nitrogens is 1. The summed E-state index contributed by atoms with van der Waals surface area (Å²) in [6, 6.07) is 7.87. The van der Waals surface area contributed by atoms with E-state index in [9.17, 15) is 14.9 Å². The molecule has 6 nitrogen and oxygen atoms in total. The van der Waals surface area contributed by atoms with Crippen LogP contribution in [0.5, 0.6) is 5.75 Å². The van der Waals surface area contributed by atoms with Crippen LogP contribution in [0.1, 0.15) is 47.2 Å². The third-order valence-corrected chi connectivity index (χ3v) is 5.47. The number of benzene rings is 1. The second-order valence-electron chi connectivity index (χ2n) is 7.17. The van der Waals surface area contributed by atoms with Crippen molar-refractivity contribution in [2.75, 3.05) is 18.6 Å². The number of nitrogens with one attached hydrogen (secondary N) is 1. The van der Waals surface area contributed by atoms with Crippen LogP contribution in [0, 0.1) is 25.2 Å². The summed E-state index contributed by atoms with van der Waals surface area (Å²) in [5.41, 5.74) is 4.08. The van der Waals surface area contributed by atoms with Crippen molar-refractivity contribution in [3.8, 4) is 11.8 Å². The SMILES string of the molecule is COc1ccc2c(c1)N(C(=O)CCc1c(C)[nH]c(=O)c(C#N)c1C)CCCC2. The molecule has 2 aromatic rings. The number of nitrogens with zero attached hydrogens (tertiary/aromatic N) is 2. The fourth-order valence-corrected chi connectivity index (χ4v) is 3.89. The van der Waals surface area contributed by atoms with E-state index in [1.54, 1.807) is 14.0 Å². The molecule has 1 aromatic heterocycles. The highest BCUT2D eigenvalue weighted by Gasteiger charge is 2.22. The third kappa shape index (κ3) is 3.79. The Morgan fingerprint density at radius 2 is 2.11 bits per heavy atom. The van der Waals surface area contributed by atoms with E-state index in [2.05, 4.69) is 4.98 Å². The molecule has 0 radical (unpaired) electrons. The van der Waals surface area contributed by atoms with E-state index in [1.165, 1.54) is 0 Å². The first-order valence-electron chi connectivity index (χ1n) is 9.56. The summed E-state index contributed by atoms with van der Waals surface area (Å²) in [5, 5.41) is 9.23. The Hall–Kier alpha value is -3.07. The molecule has 1 N–H and O–H groups in total. The lowest BCUT2D eigenvalue weighted by Crippen LogP contribution is -2.32. The Labute approximate surface area is 164 Å². The van der Waals surface area contributed by atoms with Crippen LogP contribution >= 0.6 is 0 Å². The van der Waals surface area contributed by atoms with E-state index in [1.807, 2.05) is 36.1 Å². The zero-order valence-corrected chi connectivity index (χ0v) is 16.6. The standard InChI is InChI=1S/C22H25N3O3/c1-14-18(15(2)24-22(27)19(14)13-23)9-10-21(26)25-11-5-4-6-16-7-8-17(28-3)12-20(16)25/h7-8,12H,4-6,9-11H2,1-3H3,(H,24,27). The predicted molar refractivity (Wildman–Crippen MR) is 108 cm³/mol. The topological polar surface area (TPSA) is 86.2 Å². The first kappa shape index (κ1) is 19.7. The fourth-order valence-electron chi connectivity index (χ4n) is 3.89. The summed E-state index contributed by atoms with van der Waals surface area (Å²) in [6.07, 6.45) is 3.75. The van der Waals surface area contributed by atoms with E-state index in [0.29, 0.717) is 30.6 Å². The van der Waals surface area contributed by atoms with Crippen LogP contribution in [-0.2, 0) is 17.6 Å². The molecule has 146 valence electrons. The average Bonchev–Trinajstić information content (AvgIpc) is 2.89. The van der Waals surface area contributed by atoms with Crippen molar-refractivity contribution in [1.29, 1.82) is 5.26 Å². The second kappa shape index (κ2) is 8.30. The number of amides is 1. The number of rotatable bonds is 4. The highest BCUT2D eigenvalue weighted by atomic mass is 16.5. The number of hydrogen-bond donors (Lipinski definition) is 1. The molecule has 6 heteroatoms. The van der Waals surface area contributed by atoms with Gasteiger partial charge in [-0.1, -0.05) is 6.07 Å². The highest BCUT2D eigenvalue weighted by Crippen LogP contribution is 2.31. The van der Waals surface area contributed by atoms with E-state index in [0.717, 1.165) is 41.8 Å². The van der Waals surface area contributed by atoms with E-state index in [4.69, 9.17) is 4.74 Å². The molecule has 0 saturated heterocycles. The third-order valence-electron chi connectivity index (χ3n) is 5.47. The van der Waals surface area contributed by atoms with Crippen molar-refractivity contribution in [2.45, 2.75) is 46.0 Å². The molecule has 0 atom stereocenters. The summed E-state index contributed by atoms with van der Waals surface area (Å²) >= 11 is 0. The van der Waals surface area contributed by atoms with Gasteiger partial charge in [0.2, 0.25) is 5.91 Å². The van der Waals surface area contributed by atoms with Gasteiger partial charge < -0.3 is 14.6 Å². The zero-order valence-electron chi connectivity index (χ0n) is 16.6. The summed E-state index contributed by atoms with van der Waals surface area (Å²) < 4.78 is 5.34. The summed E-state index contributed by atoms with van der Waals surface area (Å²) in [6.45, 7) is 4.26. The minimum Gasteiger partial charge on any atom is -0.497 e. The number of ether oxygens (including phenoxy) is 1. The largest absolute Gasteiger partial charge is 0.497 e. The van der Waals surface area contributed by atoms with Crippen molar-refractivity contribution >= 4 is 11.6 Å². The van der Waals surface area contributed by atoms with Gasteiger partial charge in [0, 0.05) is 24.7 Å². The Kier molecular flexibility index (Phi) is 5.84. The van der Waals surface area contributed by atoms with Gasteiger partial charge in [-0.25, -0.2) is 0 Å².